The summed E-state index contributed by atoms with van der Waals surface area (Å²) in [6.45, 7) is 0.197. The minimum Gasteiger partial charge on any atom is -0.325 e. The van der Waals surface area contributed by atoms with E-state index in [1.807, 2.05) is 30.3 Å². The van der Waals surface area contributed by atoms with Crippen LogP contribution in [-0.4, -0.2) is 33.8 Å². The van der Waals surface area contributed by atoms with Crippen LogP contribution in [0.3, 0.4) is 0 Å². The van der Waals surface area contributed by atoms with Crippen LogP contribution in [0.5, 0.6) is 0 Å². The topological polar surface area (TPSA) is 91.4 Å². The van der Waals surface area contributed by atoms with E-state index < -0.39 is 12.1 Å². The summed E-state index contributed by atoms with van der Waals surface area (Å²) >= 11 is 1.49. The average Bonchev–Trinajstić information content (AvgIpc) is 3.26. The highest BCUT2D eigenvalue weighted by molar-refractivity contribution is 7.15. The number of hydrogen-bond acceptors (Lipinski definition) is 5. The lowest BCUT2D eigenvalue weighted by Crippen LogP contribution is -2.34. The van der Waals surface area contributed by atoms with E-state index in [0.29, 0.717) is 5.13 Å². The van der Waals surface area contributed by atoms with E-state index in [9.17, 15) is 14.4 Å². The van der Waals surface area contributed by atoms with Gasteiger partial charge in [0.15, 0.2) is 5.13 Å². The maximum Gasteiger partial charge on any atom is 0.325 e. The third-order valence-electron chi connectivity index (χ3n) is 4.52. The van der Waals surface area contributed by atoms with Crippen molar-refractivity contribution in [3.8, 4) is 0 Å². The lowest BCUT2D eigenvalue weighted by molar-refractivity contribution is -0.130. The van der Waals surface area contributed by atoms with Gasteiger partial charge >= 0.3 is 6.03 Å². The summed E-state index contributed by atoms with van der Waals surface area (Å²) < 4.78 is 0. The molecule has 1 atom stereocenters. The summed E-state index contributed by atoms with van der Waals surface area (Å²) in [4.78, 5) is 43.6. The number of rotatable bonds is 5. The third-order valence-corrected chi connectivity index (χ3v) is 5.59. The van der Waals surface area contributed by atoms with Gasteiger partial charge in [0.1, 0.15) is 6.04 Å². The van der Waals surface area contributed by atoms with Crippen LogP contribution in [0.15, 0.2) is 30.3 Å². The maximum atomic E-state index is 12.5. The number of hydrogen-bond donors (Lipinski definition) is 2. The number of amides is 4. The molecule has 0 spiro atoms. The molecule has 1 unspecified atom stereocenters. The van der Waals surface area contributed by atoms with Gasteiger partial charge in [0, 0.05) is 4.88 Å². The number of aromatic nitrogens is 1. The number of thiazole rings is 1. The highest BCUT2D eigenvalue weighted by Gasteiger charge is 2.39. The van der Waals surface area contributed by atoms with Crippen LogP contribution >= 0.6 is 11.3 Å². The summed E-state index contributed by atoms with van der Waals surface area (Å²) in [6, 6.07) is 7.97. The van der Waals surface area contributed by atoms with Gasteiger partial charge in [0.2, 0.25) is 5.91 Å². The predicted octanol–water partition coefficient (Wildman–Crippen LogP) is 2.08. The van der Waals surface area contributed by atoms with E-state index in [-0.39, 0.29) is 24.8 Å². The van der Waals surface area contributed by atoms with Crippen LogP contribution in [0.1, 0.15) is 29.0 Å². The molecule has 8 heteroatoms. The van der Waals surface area contributed by atoms with Crippen LogP contribution in [0.2, 0.25) is 0 Å². The monoisotopic (exact) mass is 370 g/mol. The molecule has 1 fully saturated rings. The lowest BCUT2D eigenvalue weighted by Gasteiger charge is -2.12. The van der Waals surface area contributed by atoms with Gasteiger partial charge in [-0.15, -0.1) is 11.3 Å². The molecule has 0 saturated carbocycles. The van der Waals surface area contributed by atoms with E-state index in [4.69, 9.17) is 0 Å². The molecule has 1 saturated heterocycles. The lowest BCUT2D eigenvalue weighted by atomic mass is 10.2. The zero-order chi connectivity index (χ0) is 18.1. The van der Waals surface area contributed by atoms with E-state index in [0.717, 1.165) is 35.4 Å². The summed E-state index contributed by atoms with van der Waals surface area (Å²) in [7, 11) is 0. The van der Waals surface area contributed by atoms with Gasteiger partial charge in [-0.2, -0.15) is 0 Å². The van der Waals surface area contributed by atoms with Gasteiger partial charge in [-0.1, -0.05) is 30.3 Å². The first-order valence-corrected chi connectivity index (χ1v) is 9.36. The molecule has 2 aromatic rings. The number of nitrogens with zero attached hydrogens (tertiary/aromatic N) is 2. The van der Waals surface area contributed by atoms with Gasteiger partial charge < -0.3 is 10.6 Å². The molecule has 1 aromatic carbocycles. The average molecular weight is 370 g/mol. The first-order valence-electron chi connectivity index (χ1n) is 8.54. The number of aryl methyl sites for hydroxylation is 2. The van der Waals surface area contributed by atoms with E-state index in [1.165, 1.54) is 16.2 Å². The van der Waals surface area contributed by atoms with Crippen LogP contribution in [0, 0.1) is 0 Å². The van der Waals surface area contributed by atoms with Gasteiger partial charge in [-0.3, -0.25) is 14.5 Å². The molecule has 4 amide bonds. The van der Waals surface area contributed by atoms with Crippen molar-refractivity contribution in [2.75, 3.05) is 5.32 Å². The molecule has 1 aromatic heterocycles. The van der Waals surface area contributed by atoms with Crippen LogP contribution in [0.25, 0.3) is 0 Å². The van der Waals surface area contributed by atoms with E-state index in [1.54, 1.807) is 0 Å². The highest BCUT2D eigenvalue weighted by atomic mass is 32.1. The second kappa shape index (κ2) is 6.87. The Morgan fingerprint density at radius 2 is 2.08 bits per heavy atom. The molecule has 2 aliphatic rings. The Balaban J connectivity index is 1.36. The minimum absolute atomic E-state index is 0.0971. The maximum absolute atomic E-state index is 12.5. The fraction of sp³-hybridized carbons (Fsp3) is 0.333. The Labute approximate surface area is 154 Å². The number of benzene rings is 1. The van der Waals surface area contributed by atoms with Crippen molar-refractivity contribution in [3.63, 3.8) is 0 Å². The zero-order valence-electron chi connectivity index (χ0n) is 14.0. The molecule has 1 aliphatic carbocycles. The third kappa shape index (κ3) is 3.32. The zero-order valence-corrected chi connectivity index (χ0v) is 14.8. The van der Waals surface area contributed by atoms with Gasteiger partial charge in [-0.05, 0) is 24.8 Å². The largest absolute Gasteiger partial charge is 0.325 e. The predicted molar refractivity (Wildman–Crippen MR) is 96.7 cm³/mol. The summed E-state index contributed by atoms with van der Waals surface area (Å²) in [5.74, 6) is -0.701. The van der Waals surface area contributed by atoms with Crippen molar-refractivity contribution < 1.29 is 14.4 Å². The van der Waals surface area contributed by atoms with Gasteiger partial charge in [0.25, 0.3) is 5.91 Å². The molecule has 26 heavy (non-hydrogen) atoms. The summed E-state index contributed by atoms with van der Waals surface area (Å²) in [5, 5.41) is 5.90. The van der Waals surface area contributed by atoms with Crippen LogP contribution < -0.4 is 10.6 Å². The first kappa shape index (κ1) is 16.7. The number of fused-ring (bicyclic) bond motifs is 1. The second-order valence-corrected chi connectivity index (χ2v) is 7.49. The number of carbonyl (C=O) groups is 3. The van der Waals surface area contributed by atoms with Gasteiger partial charge in [-0.25, -0.2) is 9.78 Å². The Morgan fingerprint density at radius 3 is 2.85 bits per heavy atom. The Morgan fingerprint density at radius 1 is 1.27 bits per heavy atom. The quantitative estimate of drug-likeness (QED) is 0.789. The van der Waals surface area contributed by atoms with Gasteiger partial charge in [0.05, 0.1) is 18.7 Å². The summed E-state index contributed by atoms with van der Waals surface area (Å²) in [6.07, 6.45) is 2.98. The van der Waals surface area contributed by atoms with Crippen molar-refractivity contribution in [1.82, 2.24) is 15.2 Å². The smallest absolute Gasteiger partial charge is 0.325 e. The minimum atomic E-state index is -0.835. The number of urea groups is 1. The normalized spacial score (nSPS) is 18.8. The molecule has 2 heterocycles. The first-order chi connectivity index (χ1) is 12.6. The molecule has 0 radical (unpaired) electrons. The molecular formula is C18H18N4O3S. The van der Waals surface area contributed by atoms with Crippen LogP contribution in [0.4, 0.5) is 9.93 Å². The number of carbonyl (C=O) groups excluding carboxylic acids is 3. The van der Waals surface area contributed by atoms with Crippen molar-refractivity contribution >= 4 is 34.3 Å². The molecule has 1 aliphatic heterocycles. The molecule has 4 rings (SSSR count). The molecule has 0 bridgehead atoms. The SMILES string of the molecule is O=C(CC1NC(=O)N(Cc2ccccc2)C1=O)Nc1nc2c(s1)CCC2. The second-order valence-electron chi connectivity index (χ2n) is 6.41. The Hall–Kier alpha value is -2.74. The Bertz CT molecular complexity index is 843. The fourth-order valence-corrected chi connectivity index (χ4v) is 4.30. The number of imide groups is 1. The molecular weight excluding hydrogens is 352 g/mol. The standard InChI is InChI=1S/C18H18N4O3S/c23-15(21-17-19-12-7-4-8-14(12)26-17)9-13-16(24)22(18(25)20-13)10-11-5-2-1-3-6-11/h1-3,5-6,13H,4,7-10H2,(H,20,25)(H,19,21,23). The van der Waals surface area contributed by atoms with E-state index >= 15 is 0 Å². The number of nitrogens with one attached hydrogen (secondary N) is 2. The fourth-order valence-electron chi connectivity index (χ4n) is 3.23. The highest BCUT2D eigenvalue weighted by Crippen LogP contribution is 2.30. The van der Waals surface area contributed by atoms with Crippen molar-refractivity contribution in [2.24, 2.45) is 0 Å². The Kier molecular flexibility index (Phi) is 4.42. The molecule has 7 nitrogen and oxygen atoms in total. The van der Waals surface area contributed by atoms with Crippen molar-refractivity contribution in [3.05, 3.63) is 46.5 Å². The van der Waals surface area contributed by atoms with E-state index in [2.05, 4.69) is 15.6 Å². The molecule has 2 N–H and O–H groups in total. The summed E-state index contributed by atoms with van der Waals surface area (Å²) in [5.41, 5.74) is 1.92. The van der Waals surface area contributed by atoms with Crippen molar-refractivity contribution in [2.45, 2.75) is 38.3 Å². The van der Waals surface area contributed by atoms with Crippen LogP contribution in [-0.2, 0) is 29.0 Å². The molecule has 134 valence electrons. The van der Waals surface area contributed by atoms with Crippen molar-refractivity contribution in [1.29, 1.82) is 0 Å². The number of anilines is 1.